The highest BCUT2D eigenvalue weighted by molar-refractivity contribution is 7.48. The van der Waals surface area contributed by atoms with Gasteiger partial charge in [-0.3, -0.25) is 13.6 Å². The van der Waals surface area contributed by atoms with Crippen LogP contribution in [0.25, 0.3) is 0 Å². The lowest BCUT2D eigenvalue weighted by Gasteiger charge is -2.26. The topological polar surface area (TPSA) is 97.4 Å². The van der Waals surface area contributed by atoms with E-state index in [1.54, 1.807) is 0 Å². The number of hydrogen-bond acceptors (Lipinski definition) is 8. The predicted molar refractivity (Wildman–Crippen MR) is 99.9 cm³/mol. The number of carbonyl (C=O) groups excluding carboxylic acids is 2. The number of phosphoric acid groups is 1. The summed E-state index contributed by atoms with van der Waals surface area (Å²) >= 11 is 0. The van der Waals surface area contributed by atoms with Gasteiger partial charge >= 0.3 is 19.8 Å². The minimum atomic E-state index is -3.95. The predicted octanol–water partition coefficient (Wildman–Crippen LogP) is 2.09. The maximum absolute atomic E-state index is 12.6. The van der Waals surface area contributed by atoms with E-state index < -0.39 is 25.9 Å². The van der Waals surface area contributed by atoms with Gasteiger partial charge in [-0.2, -0.15) is 0 Å². The smallest absolute Gasteiger partial charge is 0.459 e. The average molecular weight is 408 g/mol. The Morgan fingerprint density at radius 2 is 1.44 bits per heavy atom. The maximum atomic E-state index is 12.6. The Hall–Kier alpha value is -1.51. The molecule has 1 unspecified atom stereocenters. The molecular formula is C17H31NO8P+. The quantitative estimate of drug-likeness (QED) is 0.198. The van der Waals surface area contributed by atoms with Crippen LogP contribution < -0.4 is 0 Å². The molecule has 0 aromatic rings. The van der Waals surface area contributed by atoms with E-state index in [1.807, 2.05) is 21.1 Å². The molecule has 0 aromatic carbocycles. The van der Waals surface area contributed by atoms with Crippen molar-refractivity contribution in [2.24, 2.45) is 0 Å². The molecule has 0 bridgehead atoms. The number of ether oxygens (including phenoxy) is 2. The van der Waals surface area contributed by atoms with Gasteiger partial charge < -0.3 is 14.0 Å². The van der Waals surface area contributed by atoms with E-state index in [2.05, 4.69) is 13.2 Å². The molecule has 0 aliphatic heterocycles. The summed E-state index contributed by atoms with van der Waals surface area (Å²) in [5, 5.41) is 0. The van der Waals surface area contributed by atoms with Crippen molar-refractivity contribution in [2.45, 2.75) is 20.0 Å². The zero-order chi connectivity index (χ0) is 21.3. The standard InChI is InChI=1S/C17H31NO8P/c1-13(2)16(19)23-11-15(12-24-17(20)14(3)4)26-27(21,22-8)25-10-9-18(5,6)7/h15H,1,3,9-12H2,2,4-8H3/q+1. The largest absolute Gasteiger partial charge is 0.475 e. The molecule has 0 amide bonds. The lowest BCUT2D eigenvalue weighted by molar-refractivity contribution is -0.870. The molecule has 0 heterocycles. The van der Waals surface area contributed by atoms with Crippen molar-refractivity contribution < 1.29 is 41.7 Å². The normalized spacial score (nSPS) is 13.7. The first kappa shape index (κ1) is 25.5. The van der Waals surface area contributed by atoms with Crippen LogP contribution in [0.15, 0.2) is 24.3 Å². The van der Waals surface area contributed by atoms with Gasteiger partial charge in [0.25, 0.3) is 0 Å². The molecule has 0 radical (unpaired) electrons. The van der Waals surface area contributed by atoms with E-state index in [4.69, 9.17) is 23.0 Å². The third kappa shape index (κ3) is 11.7. The number of esters is 2. The van der Waals surface area contributed by atoms with Crippen LogP contribution in [0.4, 0.5) is 0 Å². The van der Waals surface area contributed by atoms with Gasteiger partial charge in [-0.1, -0.05) is 13.2 Å². The zero-order valence-corrected chi connectivity index (χ0v) is 17.9. The molecule has 0 aromatic heterocycles. The van der Waals surface area contributed by atoms with E-state index in [1.165, 1.54) is 21.0 Å². The van der Waals surface area contributed by atoms with Crippen molar-refractivity contribution in [2.75, 3.05) is 54.6 Å². The van der Waals surface area contributed by atoms with E-state index in [0.717, 1.165) is 0 Å². The molecule has 0 aliphatic rings. The fourth-order valence-corrected chi connectivity index (χ4v) is 2.47. The molecule has 0 spiro atoms. The van der Waals surface area contributed by atoms with Crippen LogP contribution in [0.5, 0.6) is 0 Å². The molecule has 0 aliphatic carbocycles. The van der Waals surface area contributed by atoms with E-state index in [9.17, 15) is 14.2 Å². The Balaban J connectivity index is 5.00. The third-order valence-electron chi connectivity index (χ3n) is 3.01. The molecule has 27 heavy (non-hydrogen) atoms. The van der Waals surface area contributed by atoms with Crippen LogP contribution in [0.3, 0.4) is 0 Å². The SMILES string of the molecule is C=C(C)C(=O)OCC(COC(=O)C(=C)C)OP(=O)(OC)OCC[N+](C)(C)C. The number of hydrogen-bond donors (Lipinski definition) is 0. The minimum absolute atomic E-state index is 0.110. The average Bonchev–Trinajstić information content (AvgIpc) is 2.55. The van der Waals surface area contributed by atoms with Gasteiger partial charge in [0.1, 0.15) is 32.5 Å². The summed E-state index contributed by atoms with van der Waals surface area (Å²) in [4.78, 5) is 23.2. The first-order chi connectivity index (χ1) is 12.3. The van der Waals surface area contributed by atoms with Crippen LogP contribution in [0.1, 0.15) is 13.8 Å². The summed E-state index contributed by atoms with van der Waals surface area (Å²) in [7, 11) is 3.05. The maximum Gasteiger partial charge on any atom is 0.475 e. The summed E-state index contributed by atoms with van der Waals surface area (Å²) in [5.41, 5.74) is 0.364. The van der Waals surface area contributed by atoms with Gasteiger partial charge in [0.2, 0.25) is 0 Å². The molecular weight excluding hydrogens is 377 g/mol. The van der Waals surface area contributed by atoms with Gasteiger partial charge in [0.05, 0.1) is 21.1 Å². The number of likely N-dealkylation sites (N-methyl/N-ethyl adjacent to an activating group) is 1. The highest BCUT2D eigenvalue weighted by atomic mass is 31.2. The second-order valence-corrected chi connectivity index (χ2v) is 8.69. The number of rotatable bonds is 13. The lowest BCUT2D eigenvalue weighted by atomic mass is 10.3. The Morgan fingerprint density at radius 3 is 1.78 bits per heavy atom. The van der Waals surface area contributed by atoms with Crippen LogP contribution >= 0.6 is 7.82 Å². The molecule has 10 heteroatoms. The second kappa shape index (κ2) is 11.4. The van der Waals surface area contributed by atoms with Crippen molar-refractivity contribution in [1.82, 2.24) is 0 Å². The lowest BCUT2D eigenvalue weighted by Crippen LogP contribution is -2.37. The van der Waals surface area contributed by atoms with Crippen molar-refractivity contribution in [1.29, 1.82) is 0 Å². The summed E-state index contributed by atoms with van der Waals surface area (Å²) in [6.07, 6.45) is -1.06. The molecule has 1 atom stereocenters. The fourth-order valence-electron chi connectivity index (χ4n) is 1.43. The Bertz CT molecular complexity index is 566. The van der Waals surface area contributed by atoms with Gasteiger partial charge in [-0.05, 0) is 13.8 Å². The van der Waals surface area contributed by atoms with Crippen molar-refractivity contribution in [3.63, 3.8) is 0 Å². The van der Waals surface area contributed by atoms with Crippen LogP contribution in [0.2, 0.25) is 0 Å². The summed E-state index contributed by atoms with van der Waals surface area (Å²) in [6, 6.07) is 0. The first-order valence-corrected chi connectivity index (χ1v) is 9.70. The van der Waals surface area contributed by atoms with Gasteiger partial charge in [0.15, 0.2) is 0 Å². The molecule has 9 nitrogen and oxygen atoms in total. The molecule has 0 saturated carbocycles. The van der Waals surface area contributed by atoms with E-state index >= 15 is 0 Å². The summed E-state index contributed by atoms with van der Waals surface area (Å²) < 4.78 is 38.7. The molecule has 0 rings (SSSR count). The number of nitrogens with zero attached hydrogens (tertiary/aromatic N) is 1. The summed E-state index contributed by atoms with van der Waals surface area (Å²) in [6.45, 7) is 9.89. The fraction of sp³-hybridized carbons (Fsp3) is 0.647. The number of carbonyl (C=O) groups is 2. The first-order valence-electron chi connectivity index (χ1n) is 8.24. The van der Waals surface area contributed by atoms with E-state index in [-0.39, 0.29) is 31.0 Å². The minimum Gasteiger partial charge on any atom is -0.459 e. The molecule has 0 saturated heterocycles. The monoisotopic (exact) mass is 408 g/mol. The van der Waals surface area contributed by atoms with Crippen LogP contribution in [-0.4, -0.2) is 77.1 Å². The van der Waals surface area contributed by atoms with Gasteiger partial charge in [-0.25, -0.2) is 14.2 Å². The van der Waals surface area contributed by atoms with E-state index in [0.29, 0.717) is 11.0 Å². The van der Waals surface area contributed by atoms with Crippen molar-refractivity contribution in [3.05, 3.63) is 24.3 Å². The van der Waals surface area contributed by atoms with Crippen molar-refractivity contribution in [3.8, 4) is 0 Å². The number of quaternary nitrogens is 1. The Labute approximate surface area is 161 Å². The van der Waals surface area contributed by atoms with Gasteiger partial charge in [-0.15, -0.1) is 0 Å². The molecule has 0 fully saturated rings. The van der Waals surface area contributed by atoms with Crippen LogP contribution in [0, 0.1) is 0 Å². The highest BCUT2D eigenvalue weighted by Gasteiger charge is 2.32. The van der Waals surface area contributed by atoms with Crippen molar-refractivity contribution >= 4 is 19.8 Å². The third-order valence-corrected chi connectivity index (χ3v) is 4.51. The Morgan fingerprint density at radius 1 is 1.00 bits per heavy atom. The Kier molecular flexibility index (Phi) is 10.7. The second-order valence-electron chi connectivity index (χ2n) is 6.96. The molecule has 0 N–H and O–H groups in total. The van der Waals surface area contributed by atoms with Crippen LogP contribution in [-0.2, 0) is 37.2 Å². The zero-order valence-electron chi connectivity index (χ0n) is 17.0. The molecule has 156 valence electrons. The highest BCUT2D eigenvalue weighted by Crippen LogP contribution is 2.49. The summed E-state index contributed by atoms with van der Waals surface area (Å²) in [5.74, 6) is -1.32. The van der Waals surface area contributed by atoms with Gasteiger partial charge in [0, 0.05) is 18.3 Å². The number of phosphoric ester groups is 1.